The number of hydrogen-bond donors (Lipinski definition) is 1. The highest BCUT2D eigenvalue weighted by atomic mass is 32.2. The van der Waals surface area contributed by atoms with Crippen molar-refractivity contribution >= 4 is 35.2 Å². The number of anilines is 1. The minimum Gasteiger partial charge on any atom is -0.461 e. The van der Waals surface area contributed by atoms with Gasteiger partial charge in [0.05, 0.1) is 16.6 Å². The number of aliphatic hydroxyl groups is 1. The fourth-order valence-corrected chi connectivity index (χ4v) is 8.22. The fraction of sp³-hybridized carbons (Fsp3) is 0.500. The Kier molecular flexibility index (Phi) is 5.64. The number of benzene rings is 1. The van der Waals surface area contributed by atoms with Crippen LogP contribution in [0.4, 0.5) is 5.69 Å². The molecule has 4 aliphatic heterocycles. The van der Waals surface area contributed by atoms with Crippen molar-refractivity contribution in [2.24, 2.45) is 11.8 Å². The van der Waals surface area contributed by atoms with Gasteiger partial charge in [0.15, 0.2) is 0 Å². The first-order chi connectivity index (χ1) is 16.2. The van der Waals surface area contributed by atoms with E-state index in [2.05, 4.69) is 0 Å². The van der Waals surface area contributed by atoms with E-state index in [0.29, 0.717) is 13.0 Å². The Morgan fingerprint density at radius 3 is 2.68 bits per heavy atom. The first kappa shape index (κ1) is 23.2. The summed E-state index contributed by atoms with van der Waals surface area (Å²) in [6.45, 7) is 6.68. The van der Waals surface area contributed by atoms with E-state index in [0.717, 1.165) is 16.8 Å². The number of likely N-dealkylation sites (tertiary alicyclic amines) is 1. The lowest BCUT2D eigenvalue weighted by molar-refractivity contribution is -0.152. The van der Waals surface area contributed by atoms with E-state index < -0.39 is 33.3 Å². The van der Waals surface area contributed by atoms with Crippen molar-refractivity contribution in [2.45, 2.75) is 42.7 Å². The van der Waals surface area contributed by atoms with Crippen LogP contribution < -0.4 is 4.90 Å². The highest BCUT2D eigenvalue weighted by Gasteiger charge is 2.74. The maximum Gasteiger partial charge on any atom is 0.311 e. The van der Waals surface area contributed by atoms with Gasteiger partial charge in [0.25, 0.3) is 5.91 Å². The third-order valence-corrected chi connectivity index (χ3v) is 9.32. The highest BCUT2D eigenvalue weighted by Crippen LogP contribution is 2.65. The average Bonchev–Trinajstić information content (AvgIpc) is 3.05. The van der Waals surface area contributed by atoms with Crippen molar-refractivity contribution in [3.63, 3.8) is 0 Å². The molecule has 0 bridgehead atoms. The molecule has 4 aliphatic rings. The van der Waals surface area contributed by atoms with Crippen LogP contribution in [0.25, 0.3) is 0 Å². The second kappa shape index (κ2) is 8.27. The lowest BCUT2D eigenvalue weighted by atomic mass is 9.75. The Balaban J connectivity index is 1.65. The number of cyclic esters (lactones) is 1. The summed E-state index contributed by atoms with van der Waals surface area (Å²) < 4.78 is 3.89. The van der Waals surface area contributed by atoms with E-state index in [-0.39, 0.29) is 31.6 Å². The van der Waals surface area contributed by atoms with E-state index in [1.807, 2.05) is 63.3 Å². The molecule has 1 spiro atoms. The molecule has 1 unspecified atom stereocenters. The van der Waals surface area contributed by atoms with Gasteiger partial charge in [0.2, 0.25) is 5.91 Å². The van der Waals surface area contributed by atoms with E-state index in [1.165, 1.54) is 11.8 Å². The molecule has 8 heteroatoms. The molecule has 0 aliphatic carbocycles. The van der Waals surface area contributed by atoms with Gasteiger partial charge in [-0.15, -0.1) is 11.8 Å². The van der Waals surface area contributed by atoms with Gasteiger partial charge in [-0.1, -0.05) is 30.4 Å². The van der Waals surface area contributed by atoms with Gasteiger partial charge in [-0.25, -0.2) is 0 Å². The van der Waals surface area contributed by atoms with Crippen molar-refractivity contribution in [2.75, 3.05) is 31.2 Å². The van der Waals surface area contributed by atoms with E-state index in [4.69, 9.17) is 4.74 Å². The molecular weight excluding hydrogens is 452 g/mol. The summed E-state index contributed by atoms with van der Waals surface area (Å²) in [6.07, 6.45) is 8.12. The molecule has 1 aromatic rings. The lowest BCUT2D eigenvalue weighted by Gasteiger charge is -2.37. The van der Waals surface area contributed by atoms with Crippen LogP contribution in [0.2, 0.25) is 0 Å². The Hall–Kier alpha value is -2.58. The van der Waals surface area contributed by atoms with Crippen molar-refractivity contribution in [1.82, 2.24) is 4.90 Å². The normalized spacial score (nSPS) is 34.5. The number of hydrogen-bond acceptors (Lipinski definition) is 6. The molecule has 1 aromatic carbocycles. The Morgan fingerprint density at radius 1 is 1.12 bits per heavy atom. The van der Waals surface area contributed by atoms with Crippen LogP contribution in [0.15, 0.2) is 42.5 Å². The van der Waals surface area contributed by atoms with Crippen LogP contribution in [0.1, 0.15) is 24.5 Å². The van der Waals surface area contributed by atoms with Crippen LogP contribution in [0.5, 0.6) is 0 Å². The third-order valence-electron chi connectivity index (χ3n) is 7.53. The van der Waals surface area contributed by atoms with Gasteiger partial charge in [-0.3, -0.25) is 14.4 Å². The number of amides is 2. The first-order valence-electron chi connectivity index (χ1n) is 11.8. The van der Waals surface area contributed by atoms with Crippen LogP contribution in [0.3, 0.4) is 0 Å². The number of carbonyl (C=O) groups excluding carboxylic acids is 3. The second-order valence-electron chi connectivity index (χ2n) is 9.78. The number of aryl methyl sites for hydroxylation is 2. The molecule has 0 saturated carbocycles. The lowest BCUT2D eigenvalue weighted by Crippen LogP contribution is -2.53. The molecule has 7 nitrogen and oxygen atoms in total. The monoisotopic (exact) mass is 482 g/mol. The minimum absolute atomic E-state index is 0.0854. The van der Waals surface area contributed by atoms with E-state index in [1.54, 1.807) is 9.80 Å². The molecule has 34 heavy (non-hydrogen) atoms. The van der Waals surface area contributed by atoms with Gasteiger partial charge < -0.3 is 19.6 Å². The number of ether oxygens (including phenoxy) is 1. The van der Waals surface area contributed by atoms with Gasteiger partial charge >= 0.3 is 5.97 Å². The zero-order valence-electron chi connectivity index (χ0n) is 19.7. The van der Waals surface area contributed by atoms with E-state index >= 15 is 0 Å². The highest BCUT2D eigenvalue weighted by molar-refractivity contribution is 8.02. The summed E-state index contributed by atoms with van der Waals surface area (Å²) in [5.41, 5.74) is 2.85. The quantitative estimate of drug-likeness (QED) is 0.524. The van der Waals surface area contributed by atoms with Crippen molar-refractivity contribution < 1.29 is 24.2 Å². The van der Waals surface area contributed by atoms with E-state index in [9.17, 15) is 19.5 Å². The molecule has 5 atom stereocenters. The molecule has 0 aromatic heterocycles. The molecule has 2 saturated heterocycles. The second-order valence-corrected chi connectivity index (χ2v) is 11.6. The number of esters is 1. The topological polar surface area (TPSA) is 87.2 Å². The number of fused-ring (bicyclic) bond motifs is 2. The zero-order chi connectivity index (χ0) is 24.3. The van der Waals surface area contributed by atoms with Gasteiger partial charge in [-0.05, 0) is 50.5 Å². The Labute approximate surface area is 203 Å². The van der Waals surface area contributed by atoms with Gasteiger partial charge in [0, 0.05) is 30.1 Å². The Morgan fingerprint density at radius 2 is 1.91 bits per heavy atom. The predicted molar refractivity (Wildman–Crippen MR) is 130 cm³/mol. The van der Waals surface area contributed by atoms with Crippen LogP contribution in [-0.2, 0) is 19.1 Å². The summed E-state index contributed by atoms with van der Waals surface area (Å²) in [7, 11) is 0. The molecule has 4 heterocycles. The SMILES string of the molecule is Cc1ccc(C)c(N2CC=C[C@]34S[C@]5(C)C=CCOC(=O)[C@@H]5[C@H]3C(=O)N(CCCO)C4C2=O)c1. The van der Waals surface area contributed by atoms with Crippen LogP contribution in [0, 0.1) is 25.7 Å². The third kappa shape index (κ3) is 3.26. The molecule has 0 radical (unpaired) electrons. The smallest absolute Gasteiger partial charge is 0.311 e. The Bertz CT molecular complexity index is 1120. The number of aliphatic hydroxyl groups excluding tert-OH is 1. The molecule has 2 fully saturated rings. The summed E-state index contributed by atoms with van der Waals surface area (Å²) in [6, 6.07) is 5.24. The van der Waals surface area contributed by atoms with Gasteiger partial charge in [0.1, 0.15) is 12.6 Å². The number of thioether (sulfide) groups is 1. The molecule has 5 rings (SSSR count). The molecular formula is C26H30N2O5S. The molecule has 2 amide bonds. The zero-order valence-corrected chi connectivity index (χ0v) is 20.5. The molecule has 1 N–H and O–H groups in total. The average molecular weight is 483 g/mol. The predicted octanol–water partition coefficient (Wildman–Crippen LogP) is 2.39. The maximum atomic E-state index is 14.3. The number of rotatable bonds is 4. The minimum atomic E-state index is -0.893. The number of carbonyl (C=O) groups is 3. The number of nitrogens with zero attached hydrogens (tertiary/aromatic N) is 2. The summed E-state index contributed by atoms with van der Waals surface area (Å²) in [5.74, 6) is -2.16. The summed E-state index contributed by atoms with van der Waals surface area (Å²) in [5, 5.41) is 9.50. The van der Waals surface area contributed by atoms with Crippen LogP contribution in [-0.4, -0.2) is 69.6 Å². The maximum absolute atomic E-state index is 14.3. The van der Waals surface area contributed by atoms with Gasteiger partial charge in [-0.2, -0.15) is 0 Å². The van der Waals surface area contributed by atoms with Crippen LogP contribution >= 0.6 is 11.8 Å². The fourth-order valence-electron chi connectivity index (χ4n) is 6.06. The van der Waals surface area contributed by atoms with Crippen molar-refractivity contribution in [1.29, 1.82) is 0 Å². The largest absolute Gasteiger partial charge is 0.461 e. The summed E-state index contributed by atoms with van der Waals surface area (Å²) in [4.78, 5) is 44.7. The summed E-state index contributed by atoms with van der Waals surface area (Å²) >= 11 is 1.53. The standard InChI is InChI=1S/C26H30N2O5S/c1-16-7-8-17(2)18(15-16)27-11-4-10-26-19(20-24(32)33-14-5-9-25(20,3)34-26)22(30)28(12-6-13-29)21(26)23(27)31/h4-5,7-10,15,19-21,29H,6,11-14H2,1-3H3/t19-,20-,21?,25+,26-/m0/s1. The first-order valence-corrected chi connectivity index (χ1v) is 12.6. The van der Waals surface area contributed by atoms with Crippen molar-refractivity contribution in [3.05, 3.63) is 53.6 Å². The van der Waals surface area contributed by atoms with Crippen molar-refractivity contribution in [3.8, 4) is 0 Å². The molecule has 180 valence electrons.